The molecule has 0 aliphatic heterocycles. The van der Waals surface area contributed by atoms with Crippen LogP contribution in [0.2, 0.25) is 0 Å². The number of nitrogens with zero attached hydrogens (tertiary/aromatic N) is 3. The zero-order valence-electron chi connectivity index (χ0n) is 19.4. The molecular weight excluding hydrogens is 428 g/mol. The van der Waals surface area contributed by atoms with E-state index in [9.17, 15) is 10.1 Å². The van der Waals surface area contributed by atoms with E-state index in [1.807, 2.05) is 74.5 Å². The number of benzene rings is 2. The van der Waals surface area contributed by atoms with Crippen molar-refractivity contribution in [3.63, 3.8) is 0 Å². The van der Waals surface area contributed by atoms with Gasteiger partial charge in [0.1, 0.15) is 6.20 Å². The normalized spacial score (nSPS) is 9.71. The van der Waals surface area contributed by atoms with Crippen LogP contribution in [0.25, 0.3) is 0 Å². The number of pyridine rings is 2. The summed E-state index contributed by atoms with van der Waals surface area (Å²) >= 11 is 0. The quantitative estimate of drug-likeness (QED) is 0.216. The summed E-state index contributed by atoms with van der Waals surface area (Å²) in [5, 5.41) is 10.5. The van der Waals surface area contributed by atoms with Crippen LogP contribution in [0.15, 0.2) is 85.2 Å². The van der Waals surface area contributed by atoms with Gasteiger partial charge >= 0.3 is 0 Å². The van der Waals surface area contributed by atoms with Crippen molar-refractivity contribution in [1.82, 2.24) is 9.97 Å². The van der Waals surface area contributed by atoms with Gasteiger partial charge in [0.05, 0.1) is 16.8 Å². The Hall–Kier alpha value is -4.46. The van der Waals surface area contributed by atoms with Crippen LogP contribution in [0.3, 0.4) is 0 Å². The third-order valence-electron chi connectivity index (χ3n) is 4.60. The first-order chi connectivity index (χ1) is 16.4. The largest absolute Gasteiger partial charge is 0.399 e. The maximum absolute atomic E-state index is 10.5. The molecule has 34 heavy (non-hydrogen) atoms. The molecule has 2 heterocycles. The molecule has 0 saturated carbocycles. The van der Waals surface area contributed by atoms with Crippen LogP contribution in [0.5, 0.6) is 0 Å². The van der Waals surface area contributed by atoms with Gasteiger partial charge in [-0.05, 0) is 53.6 Å². The van der Waals surface area contributed by atoms with Crippen molar-refractivity contribution >= 4 is 22.7 Å². The fourth-order valence-corrected chi connectivity index (χ4v) is 2.86. The van der Waals surface area contributed by atoms with Crippen molar-refractivity contribution < 1.29 is 4.92 Å². The Labute approximate surface area is 199 Å². The summed E-state index contributed by atoms with van der Waals surface area (Å²) in [5.41, 5.74) is 23.0. The van der Waals surface area contributed by atoms with Crippen molar-refractivity contribution in [1.29, 1.82) is 0 Å². The maximum atomic E-state index is 10.5. The second-order valence-electron chi connectivity index (χ2n) is 7.18. The Morgan fingerprint density at radius 1 is 0.647 bits per heavy atom. The lowest BCUT2D eigenvalue weighted by Crippen LogP contribution is -1.95. The van der Waals surface area contributed by atoms with E-state index in [4.69, 9.17) is 17.2 Å². The highest BCUT2D eigenvalue weighted by atomic mass is 16.6. The zero-order chi connectivity index (χ0) is 24.9. The van der Waals surface area contributed by atoms with Crippen LogP contribution >= 0.6 is 0 Å². The minimum Gasteiger partial charge on any atom is -0.399 e. The third-order valence-corrected chi connectivity index (χ3v) is 4.60. The first kappa shape index (κ1) is 25.8. The van der Waals surface area contributed by atoms with E-state index >= 15 is 0 Å². The molecule has 0 fully saturated rings. The van der Waals surface area contributed by atoms with Gasteiger partial charge in [-0.1, -0.05) is 38.1 Å². The number of nitrogens with two attached hydrogens (primary N) is 3. The molecule has 8 nitrogen and oxygen atoms in total. The van der Waals surface area contributed by atoms with E-state index in [1.165, 1.54) is 17.8 Å². The summed E-state index contributed by atoms with van der Waals surface area (Å²) in [4.78, 5) is 18.3. The molecule has 176 valence electrons. The second-order valence-corrected chi connectivity index (χ2v) is 7.18. The molecule has 4 rings (SSSR count). The Balaban J connectivity index is 0.000000225. The summed E-state index contributed by atoms with van der Waals surface area (Å²) in [6, 6.07) is 22.2. The number of aromatic nitrogens is 2. The molecule has 0 atom stereocenters. The Kier molecular flexibility index (Phi) is 9.99. The average molecular weight is 459 g/mol. The molecule has 0 amide bonds. The number of nitro groups is 1. The molecule has 0 aliphatic rings. The van der Waals surface area contributed by atoms with Gasteiger partial charge in [0.2, 0.25) is 0 Å². The number of hydrogen-bond acceptors (Lipinski definition) is 7. The van der Waals surface area contributed by atoms with Gasteiger partial charge in [0.25, 0.3) is 5.69 Å². The van der Waals surface area contributed by atoms with Gasteiger partial charge in [-0.2, -0.15) is 0 Å². The molecule has 0 spiro atoms. The standard InChI is InChI=1S/C12H11N3O2.C12H13N3.C2H6/c13-10-3-1-9(2-4-10)7-11-5-6-12(8-14-11)15(16)17;13-10-3-1-9(2-4-10)7-12-6-5-11(14)8-15-12;1-2/h1-6,8H,7,13H2;1-6,8H,7,13-14H2;1-2H3. The molecule has 4 aromatic rings. The summed E-state index contributed by atoms with van der Waals surface area (Å²) in [6.07, 6.45) is 4.39. The average Bonchev–Trinajstić information content (AvgIpc) is 2.85. The van der Waals surface area contributed by atoms with Gasteiger partial charge < -0.3 is 17.2 Å². The summed E-state index contributed by atoms with van der Waals surface area (Å²) in [6.45, 7) is 4.00. The first-order valence-corrected chi connectivity index (χ1v) is 10.9. The SMILES string of the molecule is CC.Nc1ccc(Cc2ccc(N)cn2)cc1.Nc1ccc(Cc2ccc([N+](=O)[O-])cn2)cc1. The van der Waals surface area contributed by atoms with Gasteiger partial charge in [-0.25, -0.2) is 0 Å². The topological polar surface area (TPSA) is 147 Å². The molecule has 2 aromatic heterocycles. The summed E-state index contributed by atoms with van der Waals surface area (Å²) in [5.74, 6) is 0. The lowest BCUT2D eigenvalue weighted by Gasteiger charge is -2.02. The lowest BCUT2D eigenvalue weighted by molar-refractivity contribution is -0.385. The third kappa shape index (κ3) is 8.58. The van der Waals surface area contributed by atoms with E-state index in [-0.39, 0.29) is 5.69 Å². The lowest BCUT2D eigenvalue weighted by atomic mass is 10.1. The molecule has 0 unspecified atom stereocenters. The van der Waals surface area contributed by atoms with E-state index in [2.05, 4.69) is 9.97 Å². The minimum atomic E-state index is -0.458. The fraction of sp³-hybridized carbons (Fsp3) is 0.154. The van der Waals surface area contributed by atoms with Gasteiger partial charge in [0.15, 0.2) is 0 Å². The monoisotopic (exact) mass is 458 g/mol. The number of hydrogen-bond donors (Lipinski definition) is 3. The molecule has 6 N–H and O–H groups in total. The fourth-order valence-electron chi connectivity index (χ4n) is 2.86. The van der Waals surface area contributed by atoms with Gasteiger partial charge in [-0.15, -0.1) is 0 Å². The Morgan fingerprint density at radius 3 is 1.41 bits per heavy atom. The predicted octanol–water partition coefficient (Wildman–Crippen LogP) is 5.03. The van der Waals surface area contributed by atoms with Crippen LogP contribution in [-0.4, -0.2) is 14.9 Å². The molecule has 0 saturated heterocycles. The number of anilines is 3. The van der Waals surface area contributed by atoms with E-state index < -0.39 is 4.92 Å². The van der Waals surface area contributed by atoms with Crippen LogP contribution < -0.4 is 17.2 Å². The van der Waals surface area contributed by atoms with Crippen molar-refractivity contribution in [2.75, 3.05) is 17.2 Å². The van der Waals surface area contributed by atoms with Crippen molar-refractivity contribution in [3.8, 4) is 0 Å². The smallest absolute Gasteiger partial charge is 0.287 e. The molecular formula is C26H30N6O2. The van der Waals surface area contributed by atoms with Crippen molar-refractivity contribution in [3.05, 3.63) is 118 Å². The summed E-state index contributed by atoms with van der Waals surface area (Å²) in [7, 11) is 0. The van der Waals surface area contributed by atoms with E-state index in [1.54, 1.807) is 12.3 Å². The highest BCUT2D eigenvalue weighted by Gasteiger charge is 2.05. The Bertz CT molecular complexity index is 1100. The highest BCUT2D eigenvalue weighted by molar-refractivity contribution is 5.41. The van der Waals surface area contributed by atoms with Gasteiger partial charge in [0, 0.05) is 41.7 Å². The van der Waals surface area contributed by atoms with E-state index in [0.29, 0.717) is 17.8 Å². The van der Waals surface area contributed by atoms with Crippen LogP contribution in [0.4, 0.5) is 22.7 Å². The number of nitrogen functional groups attached to an aromatic ring is 3. The molecule has 0 radical (unpaired) electrons. The van der Waals surface area contributed by atoms with Crippen LogP contribution in [0.1, 0.15) is 36.4 Å². The highest BCUT2D eigenvalue weighted by Crippen LogP contribution is 2.14. The minimum absolute atomic E-state index is 0.00561. The molecule has 0 aliphatic carbocycles. The zero-order valence-corrected chi connectivity index (χ0v) is 19.4. The van der Waals surface area contributed by atoms with Crippen LogP contribution in [-0.2, 0) is 12.8 Å². The van der Waals surface area contributed by atoms with Crippen molar-refractivity contribution in [2.24, 2.45) is 0 Å². The Morgan fingerprint density at radius 2 is 1.06 bits per heavy atom. The second kappa shape index (κ2) is 13.2. The van der Waals surface area contributed by atoms with Crippen LogP contribution in [0, 0.1) is 10.1 Å². The first-order valence-electron chi connectivity index (χ1n) is 10.9. The van der Waals surface area contributed by atoms with E-state index in [0.717, 1.165) is 29.1 Å². The molecule has 8 heteroatoms. The summed E-state index contributed by atoms with van der Waals surface area (Å²) < 4.78 is 0. The predicted molar refractivity (Wildman–Crippen MR) is 138 cm³/mol. The molecule has 2 aromatic carbocycles. The number of rotatable bonds is 5. The van der Waals surface area contributed by atoms with Gasteiger partial charge in [-0.3, -0.25) is 20.1 Å². The maximum Gasteiger partial charge on any atom is 0.287 e. The van der Waals surface area contributed by atoms with Crippen molar-refractivity contribution in [2.45, 2.75) is 26.7 Å². The molecule has 0 bridgehead atoms.